The number of hydrogen-bond donors (Lipinski definition) is 1. The van der Waals surface area contributed by atoms with Crippen molar-refractivity contribution < 1.29 is 0 Å². The summed E-state index contributed by atoms with van der Waals surface area (Å²) in [4.78, 5) is 4.09. The van der Waals surface area contributed by atoms with Crippen LogP contribution >= 0.6 is 0 Å². The lowest BCUT2D eigenvalue weighted by molar-refractivity contribution is 0.821. The molecule has 1 aliphatic rings. The van der Waals surface area contributed by atoms with E-state index in [0.717, 1.165) is 6.42 Å². The highest BCUT2D eigenvalue weighted by atomic mass is 14.9. The zero-order valence-electron chi connectivity index (χ0n) is 11.7. The van der Waals surface area contributed by atoms with E-state index in [1.807, 2.05) is 12.4 Å². The standard InChI is InChI=1S/C19H16N2/c1-2-4-14(5-3-1)16-6-7-18-17(12-16)13-19(21-18)15-8-10-20-11-9-15/h1-12,19,21H,13H2. The molecule has 0 spiro atoms. The lowest BCUT2D eigenvalue weighted by atomic mass is 9.99. The van der Waals surface area contributed by atoms with Gasteiger partial charge in [-0.1, -0.05) is 36.4 Å². The molecule has 0 amide bonds. The van der Waals surface area contributed by atoms with Crippen LogP contribution < -0.4 is 5.32 Å². The maximum atomic E-state index is 4.09. The number of benzene rings is 2. The molecule has 0 radical (unpaired) electrons. The van der Waals surface area contributed by atoms with Crippen molar-refractivity contribution in [3.63, 3.8) is 0 Å². The van der Waals surface area contributed by atoms with Crippen molar-refractivity contribution in [2.45, 2.75) is 12.5 Å². The highest BCUT2D eigenvalue weighted by molar-refractivity contribution is 5.70. The molecule has 0 saturated heterocycles. The summed E-state index contributed by atoms with van der Waals surface area (Å²) in [5.74, 6) is 0. The first-order chi connectivity index (χ1) is 10.4. The minimum Gasteiger partial charge on any atom is -0.378 e. The molecule has 1 unspecified atom stereocenters. The Labute approximate surface area is 124 Å². The summed E-state index contributed by atoms with van der Waals surface area (Å²) >= 11 is 0. The van der Waals surface area contributed by atoms with Gasteiger partial charge in [0.25, 0.3) is 0 Å². The van der Waals surface area contributed by atoms with E-state index in [1.54, 1.807) is 0 Å². The minimum absolute atomic E-state index is 0.356. The second kappa shape index (κ2) is 5.06. The summed E-state index contributed by atoms with van der Waals surface area (Å²) in [5.41, 5.74) is 6.48. The number of pyridine rings is 1. The monoisotopic (exact) mass is 272 g/mol. The average Bonchev–Trinajstić information content (AvgIpc) is 2.99. The maximum absolute atomic E-state index is 4.09. The first-order valence-corrected chi connectivity index (χ1v) is 7.25. The lowest BCUT2D eigenvalue weighted by Crippen LogP contribution is -2.05. The largest absolute Gasteiger partial charge is 0.378 e. The van der Waals surface area contributed by atoms with Crippen LogP contribution in [0.4, 0.5) is 5.69 Å². The van der Waals surface area contributed by atoms with E-state index in [4.69, 9.17) is 0 Å². The Morgan fingerprint density at radius 2 is 1.67 bits per heavy atom. The molecule has 0 fully saturated rings. The third kappa shape index (κ3) is 2.29. The van der Waals surface area contributed by atoms with E-state index >= 15 is 0 Å². The topological polar surface area (TPSA) is 24.9 Å². The molecule has 2 heterocycles. The number of nitrogens with zero attached hydrogens (tertiary/aromatic N) is 1. The molecule has 102 valence electrons. The lowest BCUT2D eigenvalue weighted by Gasteiger charge is -2.10. The molecular formula is C19H16N2. The minimum atomic E-state index is 0.356. The average molecular weight is 272 g/mol. The summed E-state index contributed by atoms with van der Waals surface area (Å²) in [6.07, 6.45) is 4.74. The van der Waals surface area contributed by atoms with Gasteiger partial charge >= 0.3 is 0 Å². The van der Waals surface area contributed by atoms with Crippen LogP contribution in [0.3, 0.4) is 0 Å². The van der Waals surface area contributed by atoms with E-state index < -0.39 is 0 Å². The number of hydrogen-bond acceptors (Lipinski definition) is 2. The van der Waals surface area contributed by atoms with Crippen LogP contribution in [-0.4, -0.2) is 4.98 Å². The van der Waals surface area contributed by atoms with Gasteiger partial charge in [-0.2, -0.15) is 0 Å². The van der Waals surface area contributed by atoms with E-state index in [2.05, 4.69) is 71.0 Å². The number of rotatable bonds is 2. The van der Waals surface area contributed by atoms with Crippen molar-refractivity contribution in [3.05, 3.63) is 84.2 Å². The summed E-state index contributed by atoms with van der Waals surface area (Å²) in [7, 11) is 0. The van der Waals surface area contributed by atoms with Gasteiger partial charge in [0.1, 0.15) is 0 Å². The van der Waals surface area contributed by atoms with Crippen molar-refractivity contribution in [2.75, 3.05) is 5.32 Å². The Hall–Kier alpha value is -2.61. The highest BCUT2D eigenvalue weighted by Gasteiger charge is 2.22. The van der Waals surface area contributed by atoms with Gasteiger partial charge in [-0.3, -0.25) is 4.98 Å². The smallest absolute Gasteiger partial charge is 0.0556 e. The molecule has 0 saturated carbocycles. The Bertz CT molecular complexity index is 751. The van der Waals surface area contributed by atoms with Gasteiger partial charge in [0.05, 0.1) is 6.04 Å². The summed E-state index contributed by atoms with van der Waals surface area (Å²) in [5, 5.41) is 3.60. The van der Waals surface area contributed by atoms with Gasteiger partial charge in [0, 0.05) is 18.1 Å². The predicted octanol–water partition coefficient (Wildman–Crippen LogP) is 4.46. The van der Waals surface area contributed by atoms with Crippen LogP contribution in [0.1, 0.15) is 17.2 Å². The van der Waals surface area contributed by atoms with Crippen molar-refractivity contribution >= 4 is 5.69 Å². The molecule has 1 aromatic heterocycles. The summed E-state index contributed by atoms with van der Waals surface area (Å²) < 4.78 is 0. The molecule has 0 aliphatic carbocycles. The zero-order chi connectivity index (χ0) is 14.1. The SMILES string of the molecule is c1ccc(-c2ccc3c(c2)CC(c2ccncc2)N3)cc1. The molecular weight excluding hydrogens is 256 g/mol. The van der Waals surface area contributed by atoms with Crippen molar-refractivity contribution in [2.24, 2.45) is 0 Å². The summed E-state index contributed by atoms with van der Waals surface area (Å²) in [6.45, 7) is 0. The van der Waals surface area contributed by atoms with Crippen LogP contribution in [-0.2, 0) is 6.42 Å². The molecule has 0 bridgehead atoms. The summed E-state index contributed by atoms with van der Waals surface area (Å²) in [6, 6.07) is 21.7. The van der Waals surface area contributed by atoms with Crippen LogP contribution in [0, 0.1) is 0 Å². The van der Waals surface area contributed by atoms with Crippen LogP contribution in [0.5, 0.6) is 0 Å². The molecule has 3 aromatic rings. The third-order valence-electron chi connectivity index (χ3n) is 4.07. The van der Waals surface area contributed by atoms with Crippen LogP contribution in [0.2, 0.25) is 0 Å². The Balaban J connectivity index is 1.65. The Morgan fingerprint density at radius 1 is 0.857 bits per heavy atom. The van der Waals surface area contributed by atoms with E-state index in [1.165, 1.54) is 27.9 Å². The fraction of sp³-hybridized carbons (Fsp3) is 0.105. The maximum Gasteiger partial charge on any atom is 0.0556 e. The normalized spacial score (nSPS) is 16.3. The number of aromatic nitrogens is 1. The first-order valence-electron chi connectivity index (χ1n) is 7.25. The van der Waals surface area contributed by atoms with Crippen molar-refractivity contribution in [1.29, 1.82) is 0 Å². The molecule has 2 aromatic carbocycles. The fourth-order valence-corrected chi connectivity index (χ4v) is 2.97. The van der Waals surface area contributed by atoms with Crippen LogP contribution in [0.25, 0.3) is 11.1 Å². The van der Waals surface area contributed by atoms with Gasteiger partial charge < -0.3 is 5.32 Å². The second-order valence-electron chi connectivity index (χ2n) is 5.42. The van der Waals surface area contributed by atoms with Crippen LogP contribution in [0.15, 0.2) is 73.1 Å². The van der Waals surface area contributed by atoms with Gasteiger partial charge in [0.15, 0.2) is 0 Å². The zero-order valence-corrected chi connectivity index (χ0v) is 11.7. The molecule has 1 atom stereocenters. The van der Waals surface area contributed by atoms with Gasteiger partial charge in [-0.15, -0.1) is 0 Å². The molecule has 2 nitrogen and oxygen atoms in total. The predicted molar refractivity (Wildman–Crippen MR) is 86.2 cm³/mol. The number of fused-ring (bicyclic) bond motifs is 1. The third-order valence-corrected chi connectivity index (χ3v) is 4.07. The highest BCUT2D eigenvalue weighted by Crippen LogP contribution is 2.36. The number of nitrogens with one attached hydrogen (secondary N) is 1. The van der Waals surface area contributed by atoms with Gasteiger partial charge in [-0.25, -0.2) is 0 Å². The molecule has 1 aliphatic heterocycles. The van der Waals surface area contributed by atoms with E-state index in [9.17, 15) is 0 Å². The van der Waals surface area contributed by atoms with Crippen molar-refractivity contribution in [3.8, 4) is 11.1 Å². The van der Waals surface area contributed by atoms with Gasteiger partial charge in [-0.05, 0) is 52.9 Å². The number of anilines is 1. The Kier molecular flexibility index (Phi) is 2.93. The first kappa shape index (κ1) is 12.2. The van der Waals surface area contributed by atoms with E-state index in [0.29, 0.717) is 6.04 Å². The van der Waals surface area contributed by atoms with E-state index in [-0.39, 0.29) is 0 Å². The Morgan fingerprint density at radius 3 is 2.48 bits per heavy atom. The molecule has 2 heteroatoms. The quantitative estimate of drug-likeness (QED) is 0.745. The fourth-order valence-electron chi connectivity index (χ4n) is 2.97. The molecule has 21 heavy (non-hydrogen) atoms. The van der Waals surface area contributed by atoms with Gasteiger partial charge in [0.2, 0.25) is 0 Å². The molecule has 4 rings (SSSR count). The second-order valence-corrected chi connectivity index (χ2v) is 5.42. The molecule has 1 N–H and O–H groups in total. The van der Waals surface area contributed by atoms with Crippen molar-refractivity contribution in [1.82, 2.24) is 4.98 Å².